The molecule has 1 saturated heterocycles. The van der Waals surface area contributed by atoms with Crippen LogP contribution in [0.25, 0.3) is 0 Å². The zero-order valence-electron chi connectivity index (χ0n) is 19.7. The summed E-state index contributed by atoms with van der Waals surface area (Å²) in [5.41, 5.74) is 4.34. The molecule has 0 radical (unpaired) electrons. The van der Waals surface area contributed by atoms with E-state index in [1.165, 1.54) is 12.7 Å². The van der Waals surface area contributed by atoms with Gasteiger partial charge in [0.05, 0.1) is 19.3 Å². The lowest BCUT2D eigenvalue weighted by atomic mass is 10.0. The minimum Gasteiger partial charge on any atom is -0.494 e. The van der Waals surface area contributed by atoms with Crippen LogP contribution < -0.4 is 15.4 Å². The maximum absolute atomic E-state index is 14.0. The molecule has 7 nitrogen and oxygen atoms in total. The minimum absolute atomic E-state index is 0. The number of hydrogen-bond acceptors (Lipinski definition) is 4. The molecule has 0 atom stereocenters. The third-order valence-electron chi connectivity index (χ3n) is 5.95. The second-order valence-electron chi connectivity index (χ2n) is 8.13. The summed E-state index contributed by atoms with van der Waals surface area (Å²) in [6.45, 7) is 10.3. The van der Waals surface area contributed by atoms with Crippen molar-refractivity contribution in [3.8, 4) is 5.75 Å². The standard InChI is InChI=1S/C23H35FN6O.HI/c1-6-25-23(26-14-20-16(2)28-29(4)17(20)3)27-19-9-11-30(12-10-19)15-18-7-8-22(31-5)21(24)13-18;/h7-8,13,19H,6,9-12,14-15H2,1-5H3,(H2,25,26,27);1H. The molecule has 1 aliphatic rings. The number of halogens is 2. The number of hydrogen-bond donors (Lipinski definition) is 2. The van der Waals surface area contributed by atoms with Gasteiger partial charge in [0, 0.05) is 50.5 Å². The van der Waals surface area contributed by atoms with Gasteiger partial charge in [-0.2, -0.15) is 5.10 Å². The van der Waals surface area contributed by atoms with Gasteiger partial charge < -0.3 is 15.4 Å². The Morgan fingerprint density at radius 2 is 2.00 bits per heavy atom. The summed E-state index contributed by atoms with van der Waals surface area (Å²) in [5.74, 6) is 0.835. The zero-order valence-corrected chi connectivity index (χ0v) is 22.1. The maximum atomic E-state index is 14.0. The summed E-state index contributed by atoms with van der Waals surface area (Å²) in [7, 11) is 3.45. The fourth-order valence-electron chi connectivity index (χ4n) is 4.02. The molecule has 0 aliphatic carbocycles. The van der Waals surface area contributed by atoms with E-state index in [1.54, 1.807) is 12.1 Å². The lowest BCUT2D eigenvalue weighted by Gasteiger charge is -2.33. The first kappa shape index (κ1) is 26.4. The van der Waals surface area contributed by atoms with Crippen molar-refractivity contribution in [1.82, 2.24) is 25.3 Å². The van der Waals surface area contributed by atoms with E-state index in [-0.39, 0.29) is 29.8 Å². The Morgan fingerprint density at radius 1 is 1.28 bits per heavy atom. The SMILES string of the molecule is CCNC(=NCc1c(C)nn(C)c1C)NC1CCN(Cc2ccc(OC)c(F)c2)CC1.I. The van der Waals surface area contributed by atoms with Crippen molar-refractivity contribution in [2.24, 2.45) is 12.0 Å². The average molecular weight is 558 g/mol. The minimum atomic E-state index is -0.304. The first-order valence-electron chi connectivity index (χ1n) is 11.0. The van der Waals surface area contributed by atoms with E-state index >= 15 is 0 Å². The van der Waals surface area contributed by atoms with Crippen LogP contribution in [0, 0.1) is 19.7 Å². The molecule has 3 rings (SSSR count). The summed E-state index contributed by atoms with van der Waals surface area (Å²) >= 11 is 0. The second-order valence-corrected chi connectivity index (χ2v) is 8.13. The van der Waals surface area contributed by atoms with Gasteiger partial charge in [-0.05, 0) is 51.3 Å². The zero-order chi connectivity index (χ0) is 22.4. The van der Waals surface area contributed by atoms with Gasteiger partial charge in [-0.1, -0.05) is 6.07 Å². The Labute approximate surface area is 207 Å². The highest BCUT2D eigenvalue weighted by Crippen LogP contribution is 2.20. The summed E-state index contributed by atoms with van der Waals surface area (Å²) < 4.78 is 20.9. The molecule has 1 fully saturated rings. The van der Waals surface area contributed by atoms with Gasteiger partial charge in [0.1, 0.15) is 0 Å². The molecular formula is C23H36FIN6O. The number of guanidine groups is 1. The molecule has 178 valence electrons. The monoisotopic (exact) mass is 558 g/mol. The molecule has 2 heterocycles. The van der Waals surface area contributed by atoms with Crippen LogP contribution in [0.5, 0.6) is 5.75 Å². The number of aryl methyl sites for hydroxylation is 2. The molecule has 32 heavy (non-hydrogen) atoms. The van der Waals surface area contributed by atoms with Gasteiger partial charge in [0.25, 0.3) is 0 Å². The maximum Gasteiger partial charge on any atom is 0.191 e. The van der Waals surface area contributed by atoms with Crippen LogP contribution in [0.15, 0.2) is 23.2 Å². The largest absolute Gasteiger partial charge is 0.494 e. The van der Waals surface area contributed by atoms with Gasteiger partial charge in [-0.25, -0.2) is 9.38 Å². The van der Waals surface area contributed by atoms with E-state index < -0.39 is 0 Å². The normalized spacial score (nSPS) is 15.4. The van der Waals surface area contributed by atoms with Crippen molar-refractivity contribution in [2.45, 2.75) is 52.7 Å². The number of aliphatic imine (C=N–C) groups is 1. The Kier molecular flexibility index (Phi) is 10.2. The van der Waals surface area contributed by atoms with Crippen LogP contribution in [0.1, 0.15) is 42.3 Å². The smallest absolute Gasteiger partial charge is 0.191 e. The summed E-state index contributed by atoms with van der Waals surface area (Å²) in [4.78, 5) is 7.17. The van der Waals surface area contributed by atoms with Crippen LogP contribution >= 0.6 is 24.0 Å². The van der Waals surface area contributed by atoms with Gasteiger partial charge >= 0.3 is 0 Å². The first-order chi connectivity index (χ1) is 14.9. The topological polar surface area (TPSA) is 66.7 Å². The summed E-state index contributed by atoms with van der Waals surface area (Å²) in [6.07, 6.45) is 2.04. The third kappa shape index (κ3) is 6.81. The molecule has 0 spiro atoms. The first-order valence-corrected chi connectivity index (χ1v) is 11.0. The van der Waals surface area contributed by atoms with Crippen LogP contribution in [0.3, 0.4) is 0 Å². The van der Waals surface area contributed by atoms with E-state index in [2.05, 4.69) is 34.5 Å². The summed E-state index contributed by atoms with van der Waals surface area (Å²) in [6, 6.07) is 5.58. The van der Waals surface area contributed by atoms with Crippen LogP contribution in [0.4, 0.5) is 4.39 Å². The van der Waals surface area contributed by atoms with Crippen LogP contribution in [-0.2, 0) is 20.1 Å². The fourth-order valence-corrected chi connectivity index (χ4v) is 4.02. The predicted molar refractivity (Wildman–Crippen MR) is 137 cm³/mol. The van der Waals surface area contributed by atoms with E-state index in [0.29, 0.717) is 18.3 Å². The van der Waals surface area contributed by atoms with Crippen molar-refractivity contribution in [3.05, 3.63) is 46.5 Å². The molecule has 1 aromatic heterocycles. The van der Waals surface area contributed by atoms with Crippen molar-refractivity contribution in [2.75, 3.05) is 26.7 Å². The van der Waals surface area contributed by atoms with Gasteiger partial charge in [0.15, 0.2) is 17.5 Å². The van der Waals surface area contributed by atoms with Gasteiger partial charge in [0.2, 0.25) is 0 Å². The molecule has 0 bridgehead atoms. The highest BCUT2D eigenvalue weighted by Gasteiger charge is 2.20. The molecule has 2 N–H and O–H groups in total. The fraction of sp³-hybridized carbons (Fsp3) is 0.565. The highest BCUT2D eigenvalue weighted by molar-refractivity contribution is 14.0. The highest BCUT2D eigenvalue weighted by atomic mass is 127. The lowest BCUT2D eigenvalue weighted by molar-refractivity contribution is 0.198. The predicted octanol–water partition coefficient (Wildman–Crippen LogP) is 3.52. The Bertz CT molecular complexity index is 908. The van der Waals surface area contributed by atoms with E-state index in [4.69, 9.17) is 9.73 Å². The molecule has 0 saturated carbocycles. The molecule has 1 aliphatic heterocycles. The van der Waals surface area contributed by atoms with Crippen molar-refractivity contribution < 1.29 is 9.13 Å². The Balaban J connectivity index is 0.00000363. The van der Waals surface area contributed by atoms with Crippen molar-refractivity contribution >= 4 is 29.9 Å². The van der Waals surface area contributed by atoms with Crippen LogP contribution in [-0.4, -0.2) is 53.4 Å². The average Bonchev–Trinajstić information content (AvgIpc) is 2.99. The number of likely N-dealkylation sites (tertiary alicyclic amines) is 1. The number of benzene rings is 1. The number of nitrogens with one attached hydrogen (secondary N) is 2. The Morgan fingerprint density at radius 3 is 2.56 bits per heavy atom. The second kappa shape index (κ2) is 12.4. The number of methoxy groups -OCH3 is 1. The molecule has 2 aromatic rings. The molecule has 1 aromatic carbocycles. The quantitative estimate of drug-likeness (QED) is 0.310. The number of piperidine rings is 1. The molecular weight excluding hydrogens is 522 g/mol. The Hall–Kier alpha value is -1.88. The molecule has 0 unspecified atom stereocenters. The van der Waals surface area contributed by atoms with Crippen LogP contribution in [0.2, 0.25) is 0 Å². The molecule has 0 amide bonds. The van der Waals surface area contributed by atoms with E-state index in [9.17, 15) is 4.39 Å². The van der Waals surface area contributed by atoms with E-state index in [1.807, 2.05) is 24.7 Å². The number of ether oxygens (including phenoxy) is 1. The number of aromatic nitrogens is 2. The van der Waals surface area contributed by atoms with Gasteiger partial charge in [-0.3, -0.25) is 9.58 Å². The molecule has 9 heteroatoms. The third-order valence-corrected chi connectivity index (χ3v) is 5.95. The van der Waals surface area contributed by atoms with E-state index in [0.717, 1.165) is 61.9 Å². The number of nitrogens with zero attached hydrogens (tertiary/aromatic N) is 4. The lowest BCUT2D eigenvalue weighted by Crippen LogP contribution is -2.48. The number of rotatable bonds is 7. The summed E-state index contributed by atoms with van der Waals surface area (Å²) in [5, 5.41) is 11.4. The van der Waals surface area contributed by atoms with Gasteiger partial charge in [-0.15, -0.1) is 24.0 Å². The van der Waals surface area contributed by atoms with Crippen molar-refractivity contribution in [1.29, 1.82) is 0 Å². The van der Waals surface area contributed by atoms with Crippen molar-refractivity contribution in [3.63, 3.8) is 0 Å².